The molecule has 0 spiro atoms. The third-order valence-electron chi connectivity index (χ3n) is 5.27. The van der Waals surface area contributed by atoms with Gasteiger partial charge in [-0.15, -0.1) is 0 Å². The lowest BCUT2D eigenvalue weighted by Crippen LogP contribution is -2.41. The van der Waals surface area contributed by atoms with Crippen LogP contribution < -0.4 is 10.1 Å². The minimum absolute atomic E-state index is 0.0939. The summed E-state index contributed by atoms with van der Waals surface area (Å²) in [7, 11) is 0. The van der Waals surface area contributed by atoms with Crippen molar-refractivity contribution in [3.8, 4) is 5.75 Å². The number of nitrogens with zero attached hydrogens (tertiary/aromatic N) is 2. The number of aliphatic hydroxyl groups is 2. The number of rotatable bonds is 8. The highest BCUT2D eigenvalue weighted by atomic mass is 16.5. The zero-order valence-corrected chi connectivity index (χ0v) is 16.4. The Labute approximate surface area is 170 Å². The molecule has 1 fully saturated rings. The average Bonchev–Trinajstić information content (AvgIpc) is 3.20. The van der Waals surface area contributed by atoms with Crippen molar-refractivity contribution in [3.05, 3.63) is 54.2 Å². The lowest BCUT2D eigenvalue weighted by Gasteiger charge is -2.33. The lowest BCUT2D eigenvalue weighted by atomic mass is 10.0. The van der Waals surface area contributed by atoms with Crippen LogP contribution in [0.2, 0.25) is 0 Å². The first-order valence-electron chi connectivity index (χ1n) is 10.1. The zero-order chi connectivity index (χ0) is 20.1. The second-order valence-electron chi connectivity index (χ2n) is 7.69. The molecular formula is C22H28N4O3. The van der Waals surface area contributed by atoms with Crippen molar-refractivity contribution < 1.29 is 14.9 Å². The molecule has 7 heteroatoms. The molecule has 0 aliphatic carbocycles. The van der Waals surface area contributed by atoms with Gasteiger partial charge < -0.3 is 20.3 Å². The topological polar surface area (TPSA) is 93.6 Å². The van der Waals surface area contributed by atoms with E-state index in [-0.39, 0.29) is 13.2 Å². The summed E-state index contributed by atoms with van der Waals surface area (Å²) in [4.78, 5) is 2.46. The molecule has 3 aromatic rings. The number of aromatic amines is 1. The van der Waals surface area contributed by atoms with E-state index >= 15 is 0 Å². The van der Waals surface area contributed by atoms with E-state index < -0.39 is 6.10 Å². The van der Waals surface area contributed by atoms with Gasteiger partial charge in [-0.05, 0) is 55.3 Å². The van der Waals surface area contributed by atoms with Crippen LogP contribution in [-0.2, 0) is 6.54 Å². The molecular weight excluding hydrogens is 368 g/mol. The summed E-state index contributed by atoms with van der Waals surface area (Å²) in [5.74, 6) is 0.718. The fourth-order valence-corrected chi connectivity index (χ4v) is 3.82. The van der Waals surface area contributed by atoms with Gasteiger partial charge in [-0.2, -0.15) is 5.10 Å². The molecule has 2 heterocycles. The molecule has 4 N–H and O–H groups in total. The van der Waals surface area contributed by atoms with Crippen LogP contribution in [0.3, 0.4) is 0 Å². The minimum atomic E-state index is -0.853. The molecule has 1 saturated heterocycles. The smallest absolute Gasteiger partial charge is 0.119 e. The van der Waals surface area contributed by atoms with Gasteiger partial charge in [0.2, 0.25) is 0 Å². The van der Waals surface area contributed by atoms with Crippen LogP contribution in [0, 0.1) is 0 Å². The zero-order valence-electron chi connectivity index (χ0n) is 16.4. The molecule has 2 aromatic carbocycles. The number of anilines is 1. The van der Waals surface area contributed by atoms with Crippen LogP contribution in [0.1, 0.15) is 18.4 Å². The number of fused-ring (bicyclic) bond motifs is 1. The van der Waals surface area contributed by atoms with E-state index in [1.807, 2.05) is 24.4 Å². The number of aliphatic hydroxyl groups excluding tert-OH is 2. The van der Waals surface area contributed by atoms with Crippen molar-refractivity contribution in [2.75, 3.05) is 31.6 Å². The predicted molar refractivity (Wildman–Crippen MR) is 113 cm³/mol. The summed E-state index contributed by atoms with van der Waals surface area (Å²) in [6.07, 6.45) is 3.31. The highest BCUT2D eigenvalue weighted by molar-refractivity contribution is 5.81. The standard InChI is InChI=1S/C22H28N4O3/c27-14-20(28)15-29-21-5-1-3-16(9-21)12-26-8-2-4-19(13-26)24-18-6-7-22-17(10-18)11-23-25-22/h1,3,5-7,9-11,19-20,24,27-28H,2,4,8,12-15H2,(H,23,25)/t19-,20+/m1/s1. The number of hydrogen-bond acceptors (Lipinski definition) is 6. The Morgan fingerprint density at radius 1 is 1.28 bits per heavy atom. The van der Waals surface area contributed by atoms with E-state index in [0.29, 0.717) is 6.04 Å². The summed E-state index contributed by atoms with van der Waals surface area (Å²) in [6.45, 7) is 2.72. The molecule has 0 unspecified atom stereocenters. The highest BCUT2D eigenvalue weighted by Gasteiger charge is 2.20. The van der Waals surface area contributed by atoms with Crippen molar-refractivity contribution >= 4 is 16.6 Å². The quantitative estimate of drug-likeness (QED) is 0.467. The number of likely N-dealkylation sites (tertiary alicyclic amines) is 1. The molecule has 0 radical (unpaired) electrons. The molecule has 2 atom stereocenters. The Kier molecular flexibility index (Phi) is 6.29. The van der Waals surface area contributed by atoms with Crippen LogP contribution in [0.5, 0.6) is 5.75 Å². The first-order chi connectivity index (χ1) is 14.2. The van der Waals surface area contributed by atoms with E-state index in [2.05, 4.69) is 44.7 Å². The van der Waals surface area contributed by atoms with Crippen molar-refractivity contribution in [1.82, 2.24) is 15.1 Å². The number of nitrogens with one attached hydrogen (secondary N) is 2. The van der Waals surface area contributed by atoms with Crippen LogP contribution in [0.4, 0.5) is 5.69 Å². The highest BCUT2D eigenvalue weighted by Crippen LogP contribution is 2.22. The maximum Gasteiger partial charge on any atom is 0.119 e. The normalized spacial score (nSPS) is 18.6. The maximum absolute atomic E-state index is 9.45. The largest absolute Gasteiger partial charge is 0.491 e. The van der Waals surface area contributed by atoms with Crippen molar-refractivity contribution in [3.63, 3.8) is 0 Å². The fraction of sp³-hybridized carbons (Fsp3) is 0.409. The van der Waals surface area contributed by atoms with Crippen LogP contribution >= 0.6 is 0 Å². The molecule has 0 bridgehead atoms. The monoisotopic (exact) mass is 396 g/mol. The summed E-state index contributed by atoms with van der Waals surface area (Å²) in [5, 5.41) is 30.2. The van der Waals surface area contributed by atoms with E-state index in [1.54, 1.807) is 0 Å². The Hall–Kier alpha value is -2.61. The Bertz CT molecular complexity index is 929. The molecule has 1 aliphatic heterocycles. The van der Waals surface area contributed by atoms with Crippen LogP contribution in [0.25, 0.3) is 10.9 Å². The molecule has 1 aliphatic rings. The minimum Gasteiger partial charge on any atom is -0.491 e. The van der Waals surface area contributed by atoms with Gasteiger partial charge in [0.25, 0.3) is 0 Å². The third-order valence-corrected chi connectivity index (χ3v) is 5.27. The second kappa shape index (κ2) is 9.26. The molecule has 0 amide bonds. The van der Waals surface area contributed by atoms with E-state index in [4.69, 9.17) is 9.84 Å². The van der Waals surface area contributed by atoms with Crippen molar-refractivity contribution in [2.45, 2.75) is 31.5 Å². The summed E-state index contributed by atoms with van der Waals surface area (Å²) in [5.41, 5.74) is 3.36. The van der Waals surface area contributed by atoms with Gasteiger partial charge in [-0.1, -0.05) is 12.1 Å². The lowest BCUT2D eigenvalue weighted by molar-refractivity contribution is 0.0535. The number of aromatic nitrogens is 2. The maximum atomic E-state index is 9.45. The molecule has 0 saturated carbocycles. The van der Waals surface area contributed by atoms with Crippen LogP contribution in [-0.4, -0.2) is 63.8 Å². The van der Waals surface area contributed by atoms with Gasteiger partial charge in [-0.3, -0.25) is 10.00 Å². The number of benzene rings is 2. The molecule has 1 aromatic heterocycles. The number of H-pyrrole nitrogens is 1. The number of hydrogen-bond donors (Lipinski definition) is 4. The van der Waals surface area contributed by atoms with E-state index in [9.17, 15) is 5.11 Å². The average molecular weight is 396 g/mol. The van der Waals surface area contributed by atoms with Gasteiger partial charge in [0.05, 0.1) is 18.3 Å². The predicted octanol–water partition coefficient (Wildman–Crippen LogP) is 2.37. The molecule has 154 valence electrons. The van der Waals surface area contributed by atoms with Gasteiger partial charge in [0.1, 0.15) is 18.5 Å². The van der Waals surface area contributed by atoms with E-state index in [0.717, 1.165) is 54.8 Å². The Morgan fingerprint density at radius 3 is 3.10 bits per heavy atom. The summed E-state index contributed by atoms with van der Waals surface area (Å²) < 4.78 is 5.57. The first kappa shape index (κ1) is 19.7. The second-order valence-corrected chi connectivity index (χ2v) is 7.69. The Balaban J connectivity index is 1.33. The summed E-state index contributed by atoms with van der Waals surface area (Å²) in [6, 6.07) is 14.7. The van der Waals surface area contributed by atoms with Gasteiger partial charge in [0, 0.05) is 30.2 Å². The molecule has 4 rings (SSSR count). The number of piperidine rings is 1. The fourth-order valence-electron chi connectivity index (χ4n) is 3.82. The van der Waals surface area contributed by atoms with Crippen LogP contribution in [0.15, 0.2) is 48.7 Å². The first-order valence-corrected chi connectivity index (χ1v) is 10.1. The van der Waals surface area contributed by atoms with Gasteiger partial charge in [-0.25, -0.2) is 0 Å². The summed E-state index contributed by atoms with van der Waals surface area (Å²) >= 11 is 0. The molecule has 7 nitrogen and oxygen atoms in total. The molecule has 29 heavy (non-hydrogen) atoms. The Morgan fingerprint density at radius 2 is 2.21 bits per heavy atom. The number of ether oxygens (including phenoxy) is 1. The third kappa shape index (κ3) is 5.26. The van der Waals surface area contributed by atoms with Crippen molar-refractivity contribution in [2.24, 2.45) is 0 Å². The van der Waals surface area contributed by atoms with Crippen molar-refractivity contribution in [1.29, 1.82) is 0 Å². The van der Waals surface area contributed by atoms with E-state index in [1.165, 1.54) is 5.56 Å². The van der Waals surface area contributed by atoms with Gasteiger partial charge >= 0.3 is 0 Å². The van der Waals surface area contributed by atoms with Gasteiger partial charge in [0.15, 0.2) is 0 Å². The SMILES string of the molecule is OC[C@H](O)COc1cccc(CN2CCC[C@@H](Nc3ccc4[nH]ncc4c3)C2)c1.